The van der Waals surface area contributed by atoms with Crippen LogP contribution in [0.2, 0.25) is 0 Å². The SMILES string of the molecule is CCc1ccc(-c2cnc(C(C)(C)O)[nH]2)cc1. The predicted molar refractivity (Wildman–Crippen MR) is 68.6 cm³/mol. The molecule has 3 heteroatoms. The summed E-state index contributed by atoms with van der Waals surface area (Å²) < 4.78 is 0. The van der Waals surface area contributed by atoms with Crippen molar-refractivity contribution in [3.63, 3.8) is 0 Å². The Hall–Kier alpha value is -1.61. The molecule has 1 aromatic heterocycles. The number of aliphatic hydroxyl groups is 1. The van der Waals surface area contributed by atoms with Gasteiger partial charge >= 0.3 is 0 Å². The van der Waals surface area contributed by atoms with Crippen LogP contribution in [0.25, 0.3) is 11.3 Å². The molecule has 90 valence electrons. The molecule has 0 atom stereocenters. The van der Waals surface area contributed by atoms with Crippen molar-refractivity contribution >= 4 is 0 Å². The summed E-state index contributed by atoms with van der Waals surface area (Å²) in [4.78, 5) is 7.35. The van der Waals surface area contributed by atoms with Gasteiger partial charge in [0.1, 0.15) is 11.4 Å². The first-order valence-electron chi connectivity index (χ1n) is 5.88. The molecular formula is C14H18N2O. The summed E-state index contributed by atoms with van der Waals surface area (Å²) in [5.74, 6) is 0.590. The summed E-state index contributed by atoms with van der Waals surface area (Å²) in [6.07, 6.45) is 2.80. The molecule has 0 aliphatic rings. The van der Waals surface area contributed by atoms with Gasteiger partial charge in [0.2, 0.25) is 0 Å². The molecule has 3 nitrogen and oxygen atoms in total. The molecule has 2 N–H and O–H groups in total. The van der Waals surface area contributed by atoms with Crippen molar-refractivity contribution in [2.75, 3.05) is 0 Å². The van der Waals surface area contributed by atoms with Gasteiger partial charge in [0, 0.05) is 0 Å². The fourth-order valence-corrected chi connectivity index (χ4v) is 1.70. The number of nitrogens with one attached hydrogen (secondary N) is 1. The van der Waals surface area contributed by atoms with E-state index in [2.05, 4.69) is 41.2 Å². The van der Waals surface area contributed by atoms with E-state index in [1.165, 1.54) is 5.56 Å². The zero-order chi connectivity index (χ0) is 12.5. The predicted octanol–water partition coefficient (Wildman–Crippen LogP) is 2.87. The van der Waals surface area contributed by atoms with Crippen LogP contribution in [0.1, 0.15) is 32.2 Å². The van der Waals surface area contributed by atoms with Gasteiger partial charge in [0.15, 0.2) is 0 Å². The van der Waals surface area contributed by atoms with Crippen LogP contribution in [0.5, 0.6) is 0 Å². The molecule has 0 aliphatic carbocycles. The lowest BCUT2D eigenvalue weighted by molar-refractivity contribution is 0.0697. The minimum atomic E-state index is -0.929. The van der Waals surface area contributed by atoms with E-state index in [1.54, 1.807) is 20.0 Å². The normalized spacial score (nSPS) is 11.8. The second-order valence-corrected chi connectivity index (χ2v) is 4.75. The van der Waals surface area contributed by atoms with Crippen LogP contribution in [-0.4, -0.2) is 15.1 Å². The molecule has 0 spiro atoms. The van der Waals surface area contributed by atoms with Crippen LogP contribution >= 0.6 is 0 Å². The van der Waals surface area contributed by atoms with Crippen LogP contribution in [0.15, 0.2) is 30.5 Å². The van der Waals surface area contributed by atoms with E-state index in [1.807, 2.05) is 0 Å². The summed E-state index contributed by atoms with van der Waals surface area (Å²) in [7, 11) is 0. The Morgan fingerprint density at radius 1 is 1.24 bits per heavy atom. The molecule has 1 aromatic carbocycles. The lowest BCUT2D eigenvalue weighted by Crippen LogP contribution is -2.17. The third-order valence-electron chi connectivity index (χ3n) is 2.83. The first-order chi connectivity index (χ1) is 8.00. The number of nitrogens with zero attached hydrogens (tertiary/aromatic N) is 1. The van der Waals surface area contributed by atoms with Gasteiger partial charge in [-0.05, 0) is 31.4 Å². The molecule has 0 radical (unpaired) electrons. The Bertz CT molecular complexity index is 492. The molecule has 2 aromatic rings. The third-order valence-corrected chi connectivity index (χ3v) is 2.83. The summed E-state index contributed by atoms with van der Waals surface area (Å²) in [6, 6.07) is 8.36. The summed E-state index contributed by atoms with van der Waals surface area (Å²) in [6.45, 7) is 5.57. The number of aromatic nitrogens is 2. The first kappa shape index (κ1) is 11.9. The Morgan fingerprint density at radius 2 is 1.88 bits per heavy atom. The van der Waals surface area contributed by atoms with Crippen LogP contribution in [0.3, 0.4) is 0 Å². The van der Waals surface area contributed by atoms with Crippen LogP contribution in [0.4, 0.5) is 0 Å². The topological polar surface area (TPSA) is 48.9 Å². The third kappa shape index (κ3) is 2.56. The van der Waals surface area contributed by atoms with Crippen molar-refractivity contribution in [3.8, 4) is 11.3 Å². The molecule has 0 fully saturated rings. The van der Waals surface area contributed by atoms with Crippen molar-refractivity contribution in [1.29, 1.82) is 0 Å². The number of hydrogen-bond acceptors (Lipinski definition) is 2. The number of aromatic amines is 1. The maximum Gasteiger partial charge on any atom is 0.138 e. The number of hydrogen-bond donors (Lipinski definition) is 2. The zero-order valence-electron chi connectivity index (χ0n) is 10.5. The van der Waals surface area contributed by atoms with E-state index in [0.29, 0.717) is 5.82 Å². The van der Waals surface area contributed by atoms with E-state index in [-0.39, 0.29) is 0 Å². The zero-order valence-corrected chi connectivity index (χ0v) is 10.5. The van der Waals surface area contributed by atoms with Gasteiger partial charge in [0.25, 0.3) is 0 Å². The Morgan fingerprint density at radius 3 is 2.35 bits per heavy atom. The van der Waals surface area contributed by atoms with E-state index in [9.17, 15) is 5.11 Å². The highest BCUT2D eigenvalue weighted by Gasteiger charge is 2.19. The molecule has 17 heavy (non-hydrogen) atoms. The van der Waals surface area contributed by atoms with Gasteiger partial charge in [-0.2, -0.15) is 0 Å². The average Bonchev–Trinajstić information content (AvgIpc) is 2.78. The molecule has 2 rings (SSSR count). The molecule has 0 aliphatic heterocycles. The Labute approximate surface area is 102 Å². The lowest BCUT2D eigenvalue weighted by Gasteiger charge is -2.12. The molecule has 0 amide bonds. The number of H-pyrrole nitrogens is 1. The van der Waals surface area contributed by atoms with Crippen LogP contribution in [-0.2, 0) is 12.0 Å². The largest absolute Gasteiger partial charge is 0.383 e. The van der Waals surface area contributed by atoms with Crippen molar-refractivity contribution < 1.29 is 5.11 Å². The molecule has 0 bridgehead atoms. The van der Waals surface area contributed by atoms with Crippen LogP contribution < -0.4 is 0 Å². The van der Waals surface area contributed by atoms with Crippen molar-refractivity contribution in [2.24, 2.45) is 0 Å². The fourth-order valence-electron chi connectivity index (χ4n) is 1.70. The summed E-state index contributed by atoms with van der Waals surface area (Å²) >= 11 is 0. The van der Waals surface area contributed by atoms with E-state index >= 15 is 0 Å². The minimum Gasteiger partial charge on any atom is -0.383 e. The Balaban J connectivity index is 2.30. The lowest BCUT2D eigenvalue weighted by atomic mass is 10.1. The van der Waals surface area contributed by atoms with Gasteiger partial charge in [-0.1, -0.05) is 31.2 Å². The Kier molecular flexibility index (Phi) is 3.03. The average molecular weight is 230 g/mol. The van der Waals surface area contributed by atoms with Crippen LogP contribution in [0, 0.1) is 0 Å². The highest BCUT2D eigenvalue weighted by Crippen LogP contribution is 2.22. The number of imidazole rings is 1. The van der Waals surface area contributed by atoms with Gasteiger partial charge in [-0.25, -0.2) is 4.98 Å². The van der Waals surface area contributed by atoms with E-state index in [4.69, 9.17) is 0 Å². The van der Waals surface area contributed by atoms with Gasteiger partial charge in [-0.3, -0.25) is 0 Å². The van der Waals surface area contributed by atoms with Crippen molar-refractivity contribution in [2.45, 2.75) is 32.8 Å². The standard InChI is InChI=1S/C14H18N2O/c1-4-10-5-7-11(8-6-10)12-9-15-13(16-12)14(2,3)17/h5-9,17H,4H2,1-3H3,(H,15,16). The molecule has 0 saturated carbocycles. The van der Waals surface area contributed by atoms with Gasteiger partial charge in [0.05, 0.1) is 11.9 Å². The number of benzene rings is 1. The smallest absolute Gasteiger partial charge is 0.138 e. The quantitative estimate of drug-likeness (QED) is 0.851. The second kappa shape index (κ2) is 4.34. The maximum absolute atomic E-state index is 9.84. The molecule has 0 saturated heterocycles. The summed E-state index contributed by atoms with van der Waals surface area (Å²) in [5, 5.41) is 9.84. The first-order valence-corrected chi connectivity index (χ1v) is 5.88. The summed E-state index contributed by atoms with van der Waals surface area (Å²) in [5.41, 5.74) is 2.41. The maximum atomic E-state index is 9.84. The fraction of sp³-hybridized carbons (Fsp3) is 0.357. The number of rotatable bonds is 3. The van der Waals surface area contributed by atoms with E-state index < -0.39 is 5.60 Å². The second-order valence-electron chi connectivity index (χ2n) is 4.75. The van der Waals surface area contributed by atoms with Crippen molar-refractivity contribution in [1.82, 2.24) is 9.97 Å². The van der Waals surface area contributed by atoms with E-state index in [0.717, 1.165) is 17.7 Å². The van der Waals surface area contributed by atoms with Gasteiger partial charge < -0.3 is 10.1 Å². The molecule has 0 unspecified atom stereocenters. The highest BCUT2D eigenvalue weighted by atomic mass is 16.3. The van der Waals surface area contributed by atoms with Crippen molar-refractivity contribution in [3.05, 3.63) is 41.9 Å². The monoisotopic (exact) mass is 230 g/mol. The molecule has 1 heterocycles. The number of aryl methyl sites for hydroxylation is 1. The minimum absolute atomic E-state index is 0.590. The highest BCUT2D eigenvalue weighted by molar-refractivity contribution is 5.58. The van der Waals surface area contributed by atoms with Gasteiger partial charge in [-0.15, -0.1) is 0 Å². The molecular weight excluding hydrogens is 212 g/mol.